The van der Waals surface area contributed by atoms with Crippen molar-refractivity contribution >= 4 is 7.79 Å². The molecular weight excluding hydrogens is 339 g/mol. The summed E-state index contributed by atoms with van der Waals surface area (Å²) in [5.74, 6) is 0.233. The summed E-state index contributed by atoms with van der Waals surface area (Å²) in [6.45, 7) is 0.685. The number of nitrogens with zero attached hydrogens (tertiary/aromatic N) is 2. The Hall–Kier alpha value is -1.77. The first-order valence-electron chi connectivity index (χ1n) is 9.11. The van der Waals surface area contributed by atoms with Crippen molar-refractivity contribution in [1.29, 1.82) is 0 Å². The van der Waals surface area contributed by atoms with Crippen molar-refractivity contribution in [1.82, 2.24) is 9.34 Å². The summed E-state index contributed by atoms with van der Waals surface area (Å²) < 4.78 is 4.22. The van der Waals surface area contributed by atoms with Crippen molar-refractivity contribution in [3.05, 3.63) is 96.1 Å². The minimum atomic E-state index is -2.74. The highest BCUT2D eigenvalue weighted by atomic mass is 31.2. The van der Waals surface area contributed by atoms with Crippen LogP contribution in [0.25, 0.3) is 0 Å². The zero-order chi connectivity index (χ0) is 18.1. The molecule has 0 N–H and O–H groups in total. The summed E-state index contributed by atoms with van der Waals surface area (Å²) in [4.78, 5) is 14.4. The highest BCUT2D eigenvalue weighted by molar-refractivity contribution is 7.65. The molecule has 26 heavy (non-hydrogen) atoms. The van der Waals surface area contributed by atoms with Gasteiger partial charge < -0.3 is 4.89 Å². The molecule has 1 heterocycles. The standard InChI is InChI=1S/C22H25N2OP/c1-23(17-18-11-5-3-6-12-18)26(25)21-16-10-9-15-20(21)22(24(26)2)19-13-7-4-8-14-19/h3-16,20-22H,17H2,1-2H3/t20-,21+,22+,26?/m1/s1. The smallest absolute Gasteiger partial charge is 0.123 e. The van der Waals surface area contributed by atoms with E-state index in [-0.39, 0.29) is 17.6 Å². The van der Waals surface area contributed by atoms with Crippen LogP contribution < -0.4 is 4.89 Å². The van der Waals surface area contributed by atoms with Gasteiger partial charge in [-0.05, 0) is 17.2 Å². The molecule has 4 heteroatoms. The number of rotatable bonds is 4. The zero-order valence-corrected chi connectivity index (χ0v) is 16.2. The topological polar surface area (TPSA) is 29.5 Å². The molecule has 0 amide bonds. The highest BCUT2D eigenvalue weighted by Crippen LogP contribution is 2.73. The van der Waals surface area contributed by atoms with Crippen LogP contribution in [0.2, 0.25) is 0 Å². The largest absolute Gasteiger partial charge is 0.650 e. The predicted octanol–water partition coefficient (Wildman–Crippen LogP) is 4.04. The van der Waals surface area contributed by atoms with E-state index in [1.54, 1.807) is 0 Å². The van der Waals surface area contributed by atoms with Gasteiger partial charge in [0.15, 0.2) is 0 Å². The van der Waals surface area contributed by atoms with E-state index in [4.69, 9.17) is 0 Å². The van der Waals surface area contributed by atoms with Crippen LogP contribution in [0.4, 0.5) is 0 Å². The molecule has 134 valence electrons. The summed E-state index contributed by atoms with van der Waals surface area (Å²) in [5, 5.41) is 0. The van der Waals surface area contributed by atoms with Crippen LogP contribution in [0.15, 0.2) is 85.0 Å². The lowest BCUT2D eigenvalue weighted by Gasteiger charge is -2.43. The van der Waals surface area contributed by atoms with Gasteiger partial charge in [0.05, 0.1) is 12.6 Å². The minimum Gasteiger partial charge on any atom is -0.650 e. The van der Waals surface area contributed by atoms with Crippen molar-refractivity contribution in [2.24, 2.45) is 5.92 Å². The van der Waals surface area contributed by atoms with Gasteiger partial charge in [-0.2, -0.15) is 9.34 Å². The third kappa shape index (κ3) is 2.86. The Labute approximate surface area is 156 Å². The zero-order valence-electron chi connectivity index (χ0n) is 15.3. The Morgan fingerprint density at radius 1 is 0.962 bits per heavy atom. The highest BCUT2D eigenvalue weighted by Gasteiger charge is 2.59. The van der Waals surface area contributed by atoms with Gasteiger partial charge >= 0.3 is 0 Å². The Morgan fingerprint density at radius 2 is 1.58 bits per heavy atom. The molecule has 0 aromatic heterocycles. The van der Waals surface area contributed by atoms with E-state index in [1.165, 1.54) is 11.1 Å². The normalized spacial score (nSPS) is 30.7. The summed E-state index contributed by atoms with van der Waals surface area (Å²) in [7, 11) is 1.29. The van der Waals surface area contributed by atoms with E-state index in [1.807, 2.05) is 44.4 Å². The molecule has 1 fully saturated rings. The maximum atomic E-state index is 14.4. The molecule has 2 aromatic carbocycles. The molecule has 1 aliphatic heterocycles. The van der Waals surface area contributed by atoms with Gasteiger partial charge in [0.1, 0.15) is 13.4 Å². The van der Waals surface area contributed by atoms with Gasteiger partial charge in [-0.25, -0.2) is 0 Å². The molecule has 3 nitrogen and oxygen atoms in total. The molecule has 0 bridgehead atoms. The summed E-state index contributed by atoms with van der Waals surface area (Å²) in [6, 6.07) is 20.9. The van der Waals surface area contributed by atoms with E-state index >= 15 is 0 Å². The summed E-state index contributed by atoms with van der Waals surface area (Å²) in [5.41, 5.74) is 2.45. The molecule has 0 spiro atoms. The Balaban J connectivity index is 1.70. The van der Waals surface area contributed by atoms with Gasteiger partial charge in [0.25, 0.3) is 0 Å². The van der Waals surface area contributed by atoms with Gasteiger partial charge in [-0.1, -0.05) is 78.9 Å². The number of allylic oxidation sites excluding steroid dienone is 3. The molecule has 1 aliphatic carbocycles. The van der Waals surface area contributed by atoms with E-state index in [0.29, 0.717) is 6.54 Å². The van der Waals surface area contributed by atoms with Crippen molar-refractivity contribution in [2.45, 2.75) is 18.2 Å². The lowest BCUT2D eigenvalue weighted by Crippen LogP contribution is -2.39. The average molecular weight is 364 g/mol. The van der Waals surface area contributed by atoms with Crippen molar-refractivity contribution in [2.75, 3.05) is 14.1 Å². The molecule has 0 radical (unpaired) electrons. The molecule has 4 atom stereocenters. The number of hydrogen-bond acceptors (Lipinski definition) is 3. The van der Waals surface area contributed by atoms with Crippen molar-refractivity contribution in [3.8, 4) is 0 Å². The quantitative estimate of drug-likeness (QED) is 0.767. The third-order valence-electron chi connectivity index (χ3n) is 5.64. The van der Waals surface area contributed by atoms with E-state index in [0.717, 1.165) is 0 Å². The van der Waals surface area contributed by atoms with Gasteiger partial charge in [0, 0.05) is 20.0 Å². The lowest BCUT2D eigenvalue weighted by molar-refractivity contribution is -0.193. The monoisotopic (exact) mass is 364 g/mol. The van der Waals surface area contributed by atoms with Crippen LogP contribution in [0.5, 0.6) is 0 Å². The van der Waals surface area contributed by atoms with Gasteiger partial charge in [-0.15, -0.1) is 0 Å². The maximum absolute atomic E-state index is 14.4. The SMILES string of the molecule is CN(Cc1ccccc1)[P+]1([O-])[C@H]2C=CC=C[C@H]2[C@H](c2ccccc2)N1C. The average Bonchev–Trinajstić information content (AvgIpc) is 2.92. The molecule has 1 unspecified atom stereocenters. The first-order chi connectivity index (χ1) is 12.6. The van der Waals surface area contributed by atoms with E-state index in [9.17, 15) is 4.89 Å². The van der Waals surface area contributed by atoms with Crippen LogP contribution in [0, 0.1) is 5.92 Å². The Morgan fingerprint density at radius 3 is 2.27 bits per heavy atom. The number of hydrogen-bond donors (Lipinski definition) is 0. The van der Waals surface area contributed by atoms with Crippen LogP contribution in [0.1, 0.15) is 17.2 Å². The lowest BCUT2D eigenvalue weighted by atomic mass is 9.88. The molecule has 2 aliphatic rings. The molecule has 4 rings (SSSR count). The fraction of sp³-hybridized carbons (Fsp3) is 0.273. The Bertz CT molecular complexity index is 807. The van der Waals surface area contributed by atoms with E-state index in [2.05, 4.69) is 64.0 Å². The van der Waals surface area contributed by atoms with Crippen molar-refractivity contribution < 1.29 is 4.89 Å². The number of benzene rings is 2. The fourth-order valence-electron chi connectivity index (χ4n) is 4.38. The predicted molar refractivity (Wildman–Crippen MR) is 107 cm³/mol. The maximum Gasteiger partial charge on any atom is 0.123 e. The van der Waals surface area contributed by atoms with Crippen LogP contribution in [0.3, 0.4) is 0 Å². The second-order valence-electron chi connectivity index (χ2n) is 7.16. The second kappa shape index (κ2) is 7.09. The second-order valence-corrected chi connectivity index (χ2v) is 10.2. The van der Waals surface area contributed by atoms with Crippen molar-refractivity contribution in [3.63, 3.8) is 0 Å². The molecule has 2 aromatic rings. The summed E-state index contributed by atoms with van der Waals surface area (Å²) >= 11 is 0. The number of fused-ring (bicyclic) bond motifs is 1. The minimum absolute atomic E-state index is 0.0245. The molecular formula is C22H25N2OP. The Kier molecular flexibility index (Phi) is 4.81. The van der Waals surface area contributed by atoms with Crippen LogP contribution >= 0.6 is 7.79 Å². The van der Waals surface area contributed by atoms with Crippen LogP contribution in [-0.4, -0.2) is 29.1 Å². The molecule has 0 saturated carbocycles. The molecule has 1 saturated heterocycles. The van der Waals surface area contributed by atoms with Gasteiger partial charge in [0.2, 0.25) is 0 Å². The summed E-state index contributed by atoms with van der Waals surface area (Å²) in [6.07, 6.45) is 8.52. The third-order valence-corrected chi connectivity index (χ3v) is 9.20. The fourth-order valence-corrected chi connectivity index (χ4v) is 7.79. The van der Waals surface area contributed by atoms with E-state index < -0.39 is 7.79 Å². The first-order valence-corrected chi connectivity index (χ1v) is 10.8. The van der Waals surface area contributed by atoms with Crippen LogP contribution in [-0.2, 0) is 6.54 Å². The first kappa shape index (κ1) is 17.6. The van der Waals surface area contributed by atoms with Gasteiger partial charge in [-0.3, -0.25) is 0 Å².